The number of carbonyl (C=O) groups excluding carboxylic acids is 1. The maximum absolute atomic E-state index is 10.9. The summed E-state index contributed by atoms with van der Waals surface area (Å²) in [6.07, 6.45) is 1.78. The standard InChI is InChI=1S/C16H33NO6Si/c1-5-16(19)20-14-15(18)10-12-17-11-9-13-24(21-6-2,22-7-3)23-8-4/h5,15,17-18H,1,6-14H2,2-4H3. The highest BCUT2D eigenvalue weighted by atomic mass is 28.4. The Hall–Kier alpha value is -0.773. The van der Waals surface area contributed by atoms with Gasteiger partial charge < -0.3 is 28.4 Å². The zero-order valence-electron chi connectivity index (χ0n) is 15.2. The van der Waals surface area contributed by atoms with Gasteiger partial charge in [0.2, 0.25) is 0 Å². The van der Waals surface area contributed by atoms with Gasteiger partial charge in [0.15, 0.2) is 0 Å². The van der Waals surface area contributed by atoms with E-state index in [0.29, 0.717) is 32.8 Å². The molecule has 0 aliphatic carbocycles. The van der Waals surface area contributed by atoms with Gasteiger partial charge in [-0.15, -0.1) is 0 Å². The van der Waals surface area contributed by atoms with Crippen LogP contribution in [-0.4, -0.2) is 65.5 Å². The molecule has 0 fully saturated rings. The van der Waals surface area contributed by atoms with E-state index < -0.39 is 20.9 Å². The SMILES string of the molecule is C=CC(=O)OCC(O)CCNCCC[Si](OCC)(OCC)OCC. The molecule has 8 heteroatoms. The first-order chi connectivity index (χ1) is 11.5. The first-order valence-electron chi connectivity index (χ1n) is 8.63. The molecule has 142 valence electrons. The third-order valence-electron chi connectivity index (χ3n) is 3.17. The van der Waals surface area contributed by atoms with Crippen molar-refractivity contribution in [1.29, 1.82) is 0 Å². The molecule has 0 amide bonds. The Morgan fingerprint density at radius 1 is 1.17 bits per heavy atom. The average molecular weight is 364 g/mol. The number of aliphatic hydroxyl groups is 1. The summed E-state index contributed by atoms with van der Waals surface area (Å²) in [6.45, 7) is 12.3. The molecule has 0 rings (SSSR count). The molecule has 2 N–H and O–H groups in total. The normalized spacial score (nSPS) is 12.8. The number of aliphatic hydroxyl groups excluding tert-OH is 1. The van der Waals surface area contributed by atoms with Crippen LogP contribution in [0.2, 0.25) is 6.04 Å². The molecule has 24 heavy (non-hydrogen) atoms. The molecule has 0 aromatic rings. The van der Waals surface area contributed by atoms with Crippen molar-refractivity contribution in [1.82, 2.24) is 5.32 Å². The molecule has 0 aliphatic rings. The molecular formula is C16H33NO6Si. The zero-order chi connectivity index (χ0) is 18.3. The van der Waals surface area contributed by atoms with E-state index in [1.165, 1.54) is 0 Å². The molecule has 0 heterocycles. The van der Waals surface area contributed by atoms with Gasteiger partial charge in [-0.25, -0.2) is 4.79 Å². The summed E-state index contributed by atoms with van der Waals surface area (Å²) in [4.78, 5) is 10.9. The van der Waals surface area contributed by atoms with Gasteiger partial charge in [0.1, 0.15) is 6.61 Å². The van der Waals surface area contributed by atoms with Crippen molar-refractivity contribution in [2.75, 3.05) is 39.5 Å². The van der Waals surface area contributed by atoms with Gasteiger partial charge in [0.05, 0.1) is 6.10 Å². The van der Waals surface area contributed by atoms with E-state index in [0.717, 1.165) is 25.1 Å². The van der Waals surface area contributed by atoms with Gasteiger partial charge in [-0.1, -0.05) is 6.58 Å². The lowest BCUT2D eigenvalue weighted by Gasteiger charge is -2.28. The van der Waals surface area contributed by atoms with Crippen molar-refractivity contribution in [2.24, 2.45) is 0 Å². The molecule has 0 aromatic heterocycles. The molecule has 0 saturated carbocycles. The van der Waals surface area contributed by atoms with Gasteiger partial charge >= 0.3 is 14.8 Å². The molecule has 0 aliphatic heterocycles. The molecule has 0 bridgehead atoms. The van der Waals surface area contributed by atoms with Gasteiger partial charge in [-0.2, -0.15) is 0 Å². The molecule has 0 aromatic carbocycles. The second-order valence-electron chi connectivity index (χ2n) is 5.11. The largest absolute Gasteiger partial charge is 0.500 e. The summed E-state index contributed by atoms with van der Waals surface area (Å²) < 4.78 is 22.1. The van der Waals surface area contributed by atoms with E-state index in [2.05, 4.69) is 11.9 Å². The molecular weight excluding hydrogens is 330 g/mol. The Kier molecular flexibility index (Phi) is 14.1. The van der Waals surface area contributed by atoms with Crippen LogP contribution in [0, 0.1) is 0 Å². The minimum absolute atomic E-state index is 0.0123. The molecule has 1 unspecified atom stereocenters. The molecule has 0 radical (unpaired) electrons. The molecule has 0 spiro atoms. The van der Waals surface area contributed by atoms with Gasteiger partial charge in [-0.05, 0) is 46.7 Å². The minimum atomic E-state index is -2.56. The number of esters is 1. The first kappa shape index (κ1) is 23.2. The van der Waals surface area contributed by atoms with Crippen LogP contribution in [0.1, 0.15) is 33.6 Å². The second kappa shape index (κ2) is 14.6. The van der Waals surface area contributed by atoms with Gasteiger partial charge in [0, 0.05) is 31.9 Å². The lowest BCUT2D eigenvalue weighted by molar-refractivity contribution is -0.140. The van der Waals surface area contributed by atoms with E-state index >= 15 is 0 Å². The number of carbonyl (C=O) groups is 1. The summed E-state index contributed by atoms with van der Waals surface area (Å²) in [6, 6.07) is 0.759. The number of rotatable bonds is 16. The van der Waals surface area contributed by atoms with Gasteiger partial charge in [-0.3, -0.25) is 0 Å². The van der Waals surface area contributed by atoms with Crippen LogP contribution in [0.4, 0.5) is 0 Å². The Labute approximate surface area is 146 Å². The number of ether oxygens (including phenoxy) is 1. The first-order valence-corrected chi connectivity index (χ1v) is 10.6. The van der Waals surface area contributed by atoms with Crippen molar-refractivity contribution in [3.63, 3.8) is 0 Å². The highest BCUT2D eigenvalue weighted by Gasteiger charge is 2.39. The Morgan fingerprint density at radius 2 is 1.75 bits per heavy atom. The second-order valence-corrected chi connectivity index (χ2v) is 7.84. The van der Waals surface area contributed by atoms with E-state index in [1.807, 2.05) is 20.8 Å². The van der Waals surface area contributed by atoms with Crippen LogP contribution in [0.5, 0.6) is 0 Å². The lowest BCUT2D eigenvalue weighted by Crippen LogP contribution is -2.46. The van der Waals surface area contributed by atoms with Crippen LogP contribution < -0.4 is 5.32 Å². The van der Waals surface area contributed by atoms with Crippen molar-refractivity contribution >= 4 is 14.8 Å². The van der Waals surface area contributed by atoms with E-state index in [4.69, 9.17) is 18.0 Å². The fourth-order valence-corrected chi connectivity index (χ4v) is 4.76. The highest BCUT2D eigenvalue weighted by molar-refractivity contribution is 6.60. The molecule has 0 saturated heterocycles. The maximum atomic E-state index is 10.9. The van der Waals surface area contributed by atoms with Crippen LogP contribution in [0.3, 0.4) is 0 Å². The quantitative estimate of drug-likeness (QED) is 0.186. The smallest absolute Gasteiger partial charge is 0.460 e. The average Bonchev–Trinajstić information content (AvgIpc) is 2.56. The molecule has 7 nitrogen and oxygen atoms in total. The van der Waals surface area contributed by atoms with Crippen molar-refractivity contribution in [3.05, 3.63) is 12.7 Å². The summed E-state index contributed by atoms with van der Waals surface area (Å²) in [5.74, 6) is -0.522. The number of hydrogen-bond acceptors (Lipinski definition) is 7. The number of hydrogen-bond donors (Lipinski definition) is 2. The fourth-order valence-electron chi connectivity index (χ4n) is 2.15. The Balaban J connectivity index is 3.92. The fraction of sp³-hybridized carbons (Fsp3) is 0.812. The third-order valence-corrected chi connectivity index (χ3v) is 6.32. The summed E-state index contributed by atoms with van der Waals surface area (Å²) in [7, 11) is -2.56. The van der Waals surface area contributed by atoms with Crippen molar-refractivity contribution in [2.45, 2.75) is 45.8 Å². The maximum Gasteiger partial charge on any atom is 0.500 e. The third kappa shape index (κ3) is 10.9. The van der Waals surface area contributed by atoms with Crippen LogP contribution in [0.25, 0.3) is 0 Å². The summed E-state index contributed by atoms with van der Waals surface area (Å²) in [5, 5.41) is 12.9. The summed E-state index contributed by atoms with van der Waals surface area (Å²) in [5.41, 5.74) is 0. The van der Waals surface area contributed by atoms with E-state index in [1.54, 1.807) is 0 Å². The molecule has 1 atom stereocenters. The summed E-state index contributed by atoms with van der Waals surface area (Å²) >= 11 is 0. The van der Waals surface area contributed by atoms with Crippen molar-refractivity contribution in [3.8, 4) is 0 Å². The van der Waals surface area contributed by atoms with Crippen LogP contribution in [-0.2, 0) is 22.8 Å². The van der Waals surface area contributed by atoms with E-state index in [9.17, 15) is 9.90 Å². The van der Waals surface area contributed by atoms with E-state index in [-0.39, 0.29) is 6.61 Å². The van der Waals surface area contributed by atoms with Crippen LogP contribution >= 0.6 is 0 Å². The van der Waals surface area contributed by atoms with Crippen LogP contribution in [0.15, 0.2) is 12.7 Å². The lowest BCUT2D eigenvalue weighted by atomic mass is 10.2. The topological polar surface area (TPSA) is 86.3 Å². The van der Waals surface area contributed by atoms with Crippen molar-refractivity contribution < 1.29 is 27.9 Å². The predicted octanol–water partition coefficient (Wildman–Crippen LogP) is 1.49. The predicted molar refractivity (Wildman–Crippen MR) is 94.7 cm³/mol. The zero-order valence-corrected chi connectivity index (χ0v) is 16.2. The van der Waals surface area contributed by atoms with Gasteiger partial charge in [0.25, 0.3) is 0 Å². The number of nitrogens with one attached hydrogen (secondary N) is 1. The minimum Gasteiger partial charge on any atom is -0.460 e. The Morgan fingerprint density at radius 3 is 2.25 bits per heavy atom. The monoisotopic (exact) mass is 363 g/mol. The highest BCUT2D eigenvalue weighted by Crippen LogP contribution is 2.17. The Bertz CT molecular complexity index is 326.